The standard InChI is InChI=1S/C18H23N3OS/c22-17(19-13-6-7-13)16-11-21(18(23)20-14-8-9-14)10-15(16)12-4-2-1-3-5-12/h1-5,13-16H,6-11H2,(H,19,22)(H,20,23)/t15-,16-/m0/s1. The van der Waals surface area contributed by atoms with Gasteiger partial charge in [-0.25, -0.2) is 0 Å². The number of thiocarbonyl (C=S) groups is 1. The van der Waals surface area contributed by atoms with Crippen molar-refractivity contribution in [1.29, 1.82) is 0 Å². The fourth-order valence-corrected chi connectivity index (χ4v) is 3.62. The number of nitrogens with one attached hydrogen (secondary N) is 2. The van der Waals surface area contributed by atoms with Crippen molar-refractivity contribution in [3.05, 3.63) is 35.9 Å². The van der Waals surface area contributed by atoms with Gasteiger partial charge in [-0.15, -0.1) is 0 Å². The lowest BCUT2D eigenvalue weighted by molar-refractivity contribution is -0.125. The maximum Gasteiger partial charge on any atom is 0.225 e. The molecule has 0 spiro atoms. The maximum absolute atomic E-state index is 12.7. The molecule has 2 N–H and O–H groups in total. The molecule has 5 heteroatoms. The summed E-state index contributed by atoms with van der Waals surface area (Å²) in [6.07, 6.45) is 4.67. The van der Waals surface area contributed by atoms with Gasteiger partial charge in [0.15, 0.2) is 5.11 Å². The number of hydrogen-bond donors (Lipinski definition) is 2. The van der Waals surface area contributed by atoms with E-state index in [1.54, 1.807) is 0 Å². The van der Waals surface area contributed by atoms with Crippen LogP contribution in [0.1, 0.15) is 37.2 Å². The van der Waals surface area contributed by atoms with Crippen LogP contribution in [0, 0.1) is 5.92 Å². The minimum absolute atomic E-state index is 0.0167. The molecule has 2 atom stereocenters. The minimum atomic E-state index is -0.0167. The first-order chi connectivity index (χ1) is 11.2. The highest BCUT2D eigenvalue weighted by Gasteiger charge is 2.41. The van der Waals surface area contributed by atoms with Crippen molar-refractivity contribution in [3.8, 4) is 0 Å². The van der Waals surface area contributed by atoms with E-state index in [1.807, 2.05) is 6.07 Å². The highest BCUT2D eigenvalue weighted by molar-refractivity contribution is 7.80. The van der Waals surface area contributed by atoms with Gasteiger partial charge < -0.3 is 15.5 Å². The third-order valence-electron chi connectivity index (χ3n) is 5.00. The van der Waals surface area contributed by atoms with Gasteiger partial charge in [0.25, 0.3) is 0 Å². The molecule has 3 aliphatic rings. The van der Waals surface area contributed by atoms with E-state index in [2.05, 4.69) is 39.8 Å². The summed E-state index contributed by atoms with van der Waals surface area (Å²) in [7, 11) is 0. The smallest absolute Gasteiger partial charge is 0.225 e. The van der Waals surface area contributed by atoms with Crippen molar-refractivity contribution in [2.24, 2.45) is 5.92 Å². The zero-order valence-electron chi connectivity index (χ0n) is 13.2. The van der Waals surface area contributed by atoms with E-state index in [4.69, 9.17) is 12.2 Å². The number of nitrogens with zero attached hydrogens (tertiary/aromatic N) is 1. The van der Waals surface area contributed by atoms with Crippen LogP contribution in [0.2, 0.25) is 0 Å². The molecule has 4 rings (SSSR count). The van der Waals surface area contributed by atoms with E-state index in [0.717, 1.165) is 31.0 Å². The molecule has 0 unspecified atom stereocenters. The Morgan fingerprint density at radius 3 is 2.30 bits per heavy atom. The van der Waals surface area contributed by atoms with E-state index in [-0.39, 0.29) is 17.7 Å². The Hall–Kier alpha value is -1.62. The van der Waals surface area contributed by atoms with Crippen LogP contribution in [-0.2, 0) is 4.79 Å². The summed E-state index contributed by atoms with van der Waals surface area (Å²) in [6, 6.07) is 11.3. The molecule has 2 saturated carbocycles. The molecular weight excluding hydrogens is 306 g/mol. The number of rotatable bonds is 4. The van der Waals surface area contributed by atoms with Gasteiger partial charge in [-0.2, -0.15) is 0 Å². The van der Waals surface area contributed by atoms with Crippen LogP contribution in [0.5, 0.6) is 0 Å². The largest absolute Gasteiger partial charge is 0.360 e. The van der Waals surface area contributed by atoms with E-state index >= 15 is 0 Å². The van der Waals surface area contributed by atoms with Gasteiger partial charge in [-0.3, -0.25) is 4.79 Å². The number of benzene rings is 1. The fraction of sp³-hybridized carbons (Fsp3) is 0.556. The van der Waals surface area contributed by atoms with Gasteiger partial charge in [-0.1, -0.05) is 30.3 Å². The average molecular weight is 329 g/mol. The fourth-order valence-electron chi connectivity index (χ4n) is 3.30. The van der Waals surface area contributed by atoms with E-state index in [0.29, 0.717) is 12.1 Å². The molecule has 1 aromatic carbocycles. The van der Waals surface area contributed by atoms with Crippen LogP contribution >= 0.6 is 12.2 Å². The lowest BCUT2D eigenvalue weighted by Crippen LogP contribution is -2.41. The van der Waals surface area contributed by atoms with Crippen molar-refractivity contribution in [1.82, 2.24) is 15.5 Å². The molecule has 23 heavy (non-hydrogen) atoms. The number of likely N-dealkylation sites (tertiary alicyclic amines) is 1. The SMILES string of the molecule is O=C(NC1CC1)[C@H]1CN(C(=S)NC2CC2)C[C@H]1c1ccccc1. The maximum atomic E-state index is 12.7. The van der Waals surface area contributed by atoms with Crippen LogP contribution in [0.25, 0.3) is 0 Å². The summed E-state index contributed by atoms with van der Waals surface area (Å²) in [5.41, 5.74) is 1.24. The van der Waals surface area contributed by atoms with Gasteiger partial charge in [0, 0.05) is 31.1 Å². The third-order valence-corrected chi connectivity index (χ3v) is 5.38. The zero-order chi connectivity index (χ0) is 15.8. The molecule has 1 aromatic rings. The molecule has 1 amide bonds. The Labute approximate surface area is 142 Å². The molecule has 1 aliphatic heterocycles. The normalized spacial score (nSPS) is 26.9. The van der Waals surface area contributed by atoms with Gasteiger partial charge >= 0.3 is 0 Å². The second-order valence-corrected chi connectivity index (χ2v) is 7.42. The first kappa shape index (κ1) is 14.9. The predicted molar refractivity (Wildman–Crippen MR) is 94.2 cm³/mol. The lowest BCUT2D eigenvalue weighted by atomic mass is 9.88. The summed E-state index contributed by atoms with van der Waals surface area (Å²) in [5.74, 6) is 0.393. The molecule has 0 aromatic heterocycles. The Morgan fingerprint density at radius 1 is 1.00 bits per heavy atom. The summed E-state index contributed by atoms with van der Waals surface area (Å²) in [4.78, 5) is 14.9. The van der Waals surface area contributed by atoms with Gasteiger partial charge in [0.05, 0.1) is 5.92 Å². The zero-order valence-corrected chi connectivity index (χ0v) is 14.0. The summed E-state index contributed by atoms with van der Waals surface area (Å²) < 4.78 is 0. The van der Waals surface area contributed by atoms with Gasteiger partial charge in [-0.05, 0) is 43.5 Å². The molecule has 2 aliphatic carbocycles. The quantitative estimate of drug-likeness (QED) is 0.830. The molecule has 4 nitrogen and oxygen atoms in total. The Bertz CT molecular complexity index is 598. The summed E-state index contributed by atoms with van der Waals surface area (Å²) in [6.45, 7) is 1.54. The van der Waals surface area contributed by atoms with Crippen LogP contribution < -0.4 is 10.6 Å². The average Bonchev–Trinajstić information content (AvgIpc) is 3.49. The van der Waals surface area contributed by atoms with Crippen molar-refractivity contribution in [2.75, 3.05) is 13.1 Å². The third kappa shape index (κ3) is 3.50. The van der Waals surface area contributed by atoms with Crippen molar-refractivity contribution in [3.63, 3.8) is 0 Å². The summed E-state index contributed by atoms with van der Waals surface area (Å²) in [5, 5.41) is 7.40. The molecule has 0 radical (unpaired) electrons. The highest BCUT2D eigenvalue weighted by atomic mass is 32.1. The first-order valence-corrected chi connectivity index (χ1v) is 9.02. The van der Waals surface area contributed by atoms with Crippen molar-refractivity contribution in [2.45, 2.75) is 43.7 Å². The molecule has 1 heterocycles. The van der Waals surface area contributed by atoms with Crippen LogP contribution in [0.4, 0.5) is 0 Å². The molecule has 0 bridgehead atoms. The van der Waals surface area contributed by atoms with Crippen molar-refractivity contribution < 1.29 is 4.79 Å². The first-order valence-electron chi connectivity index (χ1n) is 8.61. The molecule has 3 fully saturated rings. The predicted octanol–water partition coefficient (Wildman–Crippen LogP) is 2.02. The molecule has 122 valence electrons. The highest BCUT2D eigenvalue weighted by Crippen LogP contribution is 2.34. The van der Waals surface area contributed by atoms with Gasteiger partial charge in [0.2, 0.25) is 5.91 Å². The van der Waals surface area contributed by atoms with Crippen LogP contribution in [0.15, 0.2) is 30.3 Å². The van der Waals surface area contributed by atoms with E-state index < -0.39 is 0 Å². The van der Waals surface area contributed by atoms with Crippen LogP contribution in [0.3, 0.4) is 0 Å². The van der Waals surface area contributed by atoms with E-state index in [9.17, 15) is 4.79 Å². The van der Waals surface area contributed by atoms with Crippen molar-refractivity contribution >= 4 is 23.2 Å². The Morgan fingerprint density at radius 2 is 1.65 bits per heavy atom. The number of hydrogen-bond acceptors (Lipinski definition) is 2. The Kier molecular flexibility index (Phi) is 3.97. The second kappa shape index (κ2) is 6.11. The number of carbonyl (C=O) groups excluding carboxylic acids is 1. The van der Waals surface area contributed by atoms with Crippen LogP contribution in [-0.4, -0.2) is 41.1 Å². The Balaban J connectivity index is 1.50. The minimum Gasteiger partial charge on any atom is -0.360 e. The number of carbonyl (C=O) groups is 1. The second-order valence-electron chi connectivity index (χ2n) is 7.04. The van der Waals surface area contributed by atoms with E-state index in [1.165, 1.54) is 18.4 Å². The molecular formula is C18H23N3OS. The summed E-state index contributed by atoms with van der Waals surface area (Å²) >= 11 is 5.56. The molecule has 1 saturated heterocycles. The topological polar surface area (TPSA) is 44.4 Å². The monoisotopic (exact) mass is 329 g/mol. The lowest BCUT2D eigenvalue weighted by Gasteiger charge is -2.20. The number of amides is 1. The van der Waals surface area contributed by atoms with Gasteiger partial charge in [0.1, 0.15) is 0 Å².